The zero-order chi connectivity index (χ0) is 9.42. The maximum Gasteiger partial charge on any atom is 0.271 e. The summed E-state index contributed by atoms with van der Waals surface area (Å²) in [5, 5.41) is 4.06. The van der Waals surface area contributed by atoms with Crippen molar-refractivity contribution >= 4 is 22.6 Å². The summed E-state index contributed by atoms with van der Waals surface area (Å²) in [6, 6.07) is 0. The number of nitrogens with two attached hydrogens (primary N) is 1. The molecule has 2 rings (SSSR count). The molecule has 1 aliphatic rings. The summed E-state index contributed by atoms with van der Waals surface area (Å²) in [5.41, 5.74) is 4.82. The van der Waals surface area contributed by atoms with E-state index in [0.29, 0.717) is 0 Å². The molecular formula is C6H6N4O2S. The van der Waals surface area contributed by atoms with Gasteiger partial charge in [-0.2, -0.15) is 4.98 Å². The van der Waals surface area contributed by atoms with Gasteiger partial charge in [-0.15, -0.1) is 0 Å². The second kappa shape index (κ2) is 2.70. The molecule has 0 aliphatic carbocycles. The van der Waals surface area contributed by atoms with Gasteiger partial charge >= 0.3 is 0 Å². The fourth-order valence-electron chi connectivity index (χ4n) is 1.01. The van der Waals surface area contributed by atoms with Crippen LogP contribution < -0.4 is 16.6 Å². The van der Waals surface area contributed by atoms with Crippen molar-refractivity contribution in [1.29, 1.82) is 0 Å². The van der Waals surface area contributed by atoms with E-state index in [1.807, 2.05) is 0 Å². The fourth-order valence-corrected chi connectivity index (χ4v) is 1.86. The van der Waals surface area contributed by atoms with Gasteiger partial charge in [0.05, 0.1) is 10.8 Å². The summed E-state index contributed by atoms with van der Waals surface area (Å²) in [4.78, 5) is 17.4. The molecule has 2 heterocycles. The standard InChI is InChI=1S/C6H6N4O2S/c7-6-9-4-3(5(11)10-6)13(12)2-1-8-4/h1-2H,(H4,7,8,9,10,11). The van der Waals surface area contributed by atoms with E-state index in [2.05, 4.69) is 15.3 Å². The summed E-state index contributed by atoms with van der Waals surface area (Å²) in [7, 11) is -1.44. The lowest BCUT2D eigenvalue weighted by Gasteiger charge is -2.09. The molecule has 1 unspecified atom stereocenters. The first kappa shape index (κ1) is 7.99. The Morgan fingerprint density at radius 1 is 1.54 bits per heavy atom. The molecule has 1 aliphatic heterocycles. The van der Waals surface area contributed by atoms with Gasteiger partial charge < -0.3 is 11.1 Å². The van der Waals surface area contributed by atoms with Crippen molar-refractivity contribution in [2.24, 2.45) is 0 Å². The van der Waals surface area contributed by atoms with E-state index in [9.17, 15) is 9.00 Å². The van der Waals surface area contributed by atoms with Gasteiger partial charge in [0.15, 0.2) is 10.7 Å². The molecular weight excluding hydrogens is 192 g/mol. The van der Waals surface area contributed by atoms with E-state index >= 15 is 0 Å². The number of nitrogen functional groups attached to an aromatic ring is 1. The minimum absolute atomic E-state index is 0.00329. The van der Waals surface area contributed by atoms with E-state index in [-0.39, 0.29) is 16.7 Å². The first-order valence-electron chi connectivity index (χ1n) is 3.42. The molecule has 0 spiro atoms. The average Bonchev–Trinajstić information content (AvgIpc) is 2.02. The smallest absolute Gasteiger partial charge is 0.271 e. The largest absolute Gasteiger partial charge is 0.369 e. The Morgan fingerprint density at radius 2 is 2.31 bits per heavy atom. The van der Waals surface area contributed by atoms with Crippen LogP contribution in [0.3, 0.4) is 0 Å². The molecule has 68 valence electrons. The molecule has 1 aromatic heterocycles. The van der Waals surface area contributed by atoms with Gasteiger partial charge in [0.1, 0.15) is 0 Å². The highest BCUT2D eigenvalue weighted by atomic mass is 32.2. The number of anilines is 2. The van der Waals surface area contributed by atoms with Crippen LogP contribution in [0.15, 0.2) is 21.3 Å². The molecule has 0 bridgehead atoms. The summed E-state index contributed by atoms with van der Waals surface area (Å²) in [6.45, 7) is 0. The van der Waals surface area contributed by atoms with E-state index in [1.165, 1.54) is 11.6 Å². The highest BCUT2D eigenvalue weighted by Gasteiger charge is 2.17. The highest BCUT2D eigenvalue weighted by molar-refractivity contribution is 7.88. The topological polar surface area (TPSA) is 101 Å². The van der Waals surface area contributed by atoms with Crippen molar-refractivity contribution < 1.29 is 4.21 Å². The van der Waals surface area contributed by atoms with Crippen LogP contribution in [0.5, 0.6) is 0 Å². The van der Waals surface area contributed by atoms with Gasteiger partial charge in [-0.1, -0.05) is 0 Å². The lowest BCUT2D eigenvalue weighted by Crippen LogP contribution is -2.21. The van der Waals surface area contributed by atoms with Crippen LogP contribution in [-0.4, -0.2) is 14.2 Å². The van der Waals surface area contributed by atoms with Crippen LogP contribution in [0.4, 0.5) is 11.8 Å². The first-order chi connectivity index (χ1) is 6.18. The summed E-state index contributed by atoms with van der Waals surface area (Å²) in [5.74, 6) is 0.255. The Balaban J connectivity index is 2.75. The molecule has 0 saturated heterocycles. The lowest BCUT2D eigenvalue weighted by molar-refractivity contribution is 0.687. The molecule has 0 fully saturated rings. The second-order valence-electron chi connectivity index (χ2n) is 2.37. The van der Waals surface area contributed by atoms with E-state index in [0.717, 1.165) is 0 Å². The number of rotatable bonds is 0. The molecule has 13 heavy (non-hydrogen) atoms. The van der Waals surface area contributed by atoms with Crippen molar-refractivity contribution in [3.05, 3.63) is 22.0 Å². The van der Waals surface area contributed by atoms with Gasteiger partial charge in [0.2, 0.25) is 5.95 Å². The Bertz CT molecular complexity index is 464. The molecule has 1 atom stereocenters. The van der Waals surface area contributed by atoms with Crippen molar-refractivity contribution in [1.82, 2.24) is 9.97 Å². The molecule has 6 nitrogen and oxygen atoms in total. The monoisotopic (exact) mass is 198 g/mol. The maximum atomic E-state index is 11.3. The van der Waals surface area contributed by atoms with Crippen LogP contribution in [0.25, 0.3) is 0 Å². The number of H-pyrrole nitrogens is 1. The fraction of sp³-hybridized carbons (Fsp3) is 0. The van der Waals surface area contributed by atoms with Crippen LogP contribution in [0, 0.1) is 0 Å². The predicted molar refractivity (Wildman–Crippen MR) is 48.4 cm³/mol. The van der Waals surface area contributed by atoms with E-state index < -0.39 is 16.4 Å². The van der Waals surface area contributed by atoms with Gasteiger partial charge in [0.25, 0.3) is 5.56 Å². The number of nitrogens with one attached hydrogen (secondary N) is 2. The Hall–Kier alpha value is -1.63. The van der Waals surface area contributed by atoms with E-state index in [4.69, 9.17) is 5.73 Å². The van der Waals surface area contributed by atoms with Crippen LogP contribution in [0.1, 0.15) is 0 Å². The SMILES string of the molecule is Nc1nc2c(c(=O)[nH]1)S(=O)C=CN2. The minimum Gasteiger partial charge on any atom is -0.369 e. The number of aromatic nitrogens is 2. The molecule has 0 amide bonds. The van der Waals surface area contributed by atoms with Crippen molar-refractivity contribution in [2.75, 3.05) is 11.1 Å². The van der Waals surface area contributed by atoms with Gasteiger partial charge in [-0.05, 0) is 0 Å². The van der Waals surface area contributed by atoms with Gasteiger partial charge in [-0.3, -0.25) is 9.78 Å². The maximum absolute atomic E-state index is 11.3. The minimum atomic E-state index is -1.44. The van der Waals surface area contributed by atoms with Crippen LogP contribution in [0.2, 0.25) is 0 Å². The van der Waals surface area contributed by atoms with Crippen molar-refractivity contribution in [3.63, 3.8) is 0 Å². The third kappa shape index (κ3) is 1.22. The normalized spacial score (nSPS) is 19.2. The molecule has 1 aromatic rings. The number of hydrogen-bond acceptors (Lipinski definition) is 5. The molecule has 0 aromatic carbocycles. The summed E-state index contributed by atoms with van der Waals surface area (Å²) in [6.07, 6.45) is 1.46. The van der Waals surface area contributed by atoms with Crippen molar-refractivity contribution in [3.8, 4) is 0 Å². The van der Waals surface area contributed by atoms with Gasteiger partial charge in [-0.25, -0.2) is 4.21 Å². The Morgan fingerprint density at radius 3 is 3.08 bits per heavy atom. The van der Waals surface area contributed by atoms with Gasteiger partial charge in [0, 0.05) is 11.6 Å². The third-order valence-corrected chi connectivity index (χ3v) is 2.67. The predicted octanol–water partition coefficient (Wildman–Crippen LogP) is -0.644. The van der Waals surface area contributed by atoms with E-state index in [1.54, 1.807) is 0 Å². The Kier molecular flexibility index (Phi) is 1.66. The molecule has 0 radical (unpaired) electrons. The zero-order valence-corrected chi connectivity index (χ0v) is 7.22. The van der Waals surface area contributed by atoms with Crippen LogP contribution >= 0.6 is 0 Å². The first-order valence-corrected chi connectivity index (χ1v) is 4.63. The number of fused-ring (bicyclic) bond motifs is 1. The third-order valence-electron chi connectivity index (χ3n) is 1.51. The molecule has 0 saturated carbocycles. The van der Waals surface area contributed by atoms with Crippen molar-refractivity contribution in [2.45, 2.75) is 4.90 Å². The zero-order valence-electron chi connectivity index (χ0n) is 6.40. The number of hydrogen-bond donors (Lipinski definition) is 3. The average molecular weight is 198 g/mol. The number of aromatic amines is 1. The Labute approximate surface area is 75.3 Å². The van der Waals surface area contributed by atoms with Crippen LogP contribution in [-0.2, 0) is 10.8 Å². The summed E-state index contributed by atoms with van der Waals surface area (Å²) < 4.78 is 11.3. The molecule has 7 heteroatoms. The molecule has 4 N–H and O–H groups in total. The summed E-state index contributed by atoms with van der Waals surface area (Å²) >= 11 is 0. The highest BCUT2D eigenvalue weighted by Crippen LogP contribution is 2.17. The number of nitrogens with zero attached hydrogens (tertiary/aromatic N) is 1. The lowest BCUT2D eigenvalue weighted by atomic mass is 10.5. The second-order valence-corrected chi connectivity index (χ2v) is 3.65. The quantitative estimate of drug-likeness (QED) is 0.514.